The van der Waals surface area contributed by atoms with Crippen molar-refractivity contribution in [2.24, 2.45) is 0 Å². The Labute approximate surface area is 233 Å². The van der Waals surface area contributed by atoms with Gasteiger partial charge in [0.15, 0.2) is 0 Å². The molecule has 2 aromatic rings. The first-order valence-corrected chi connectivity index (χ1v) is 14.3. The van der Waals surface area contributed by atoms with Gasteiger partial charge in [-0.3, -0.25) is 9.69 Å². The average Bonchev–Trinajstić information content (AvgIpc) is 2.93. The SMILES string of the molecule is O=C1Nc2ccccc2[C@](O)(C(=O)NCCCN2CCC(N3CCCCC3)CC2)N1c1ccc(Cl)c(Cl)c1. The second-order valence-electron chi connectivity index (χ2n) is 10.4. The van der Waals surface area contributed by atoms with Crippen LogP contribution >= 0.6 is 23.2 Å². The molecule has 3 aliphatic rings. The molecule has 0 spiro atoms. The summed E-state index contributed by atoms with van der Waals surface area (Å²) in [6, 6.07) is 11.3. The zero-order chi connectivity index (χ0) is 26.7. The number of amides is 3. The van der Waals surface area contributed by atoms with Crippen LogP contribution in [-0.4, -0.2) is 72.2 Å². The second-order valence-corrected chi connectivity index (χ2v) is 11.2. The van der Waals surface area contributed by atoms with Gasteiger partial charge in [-0.2, -0.15) is 0 Å². The number of hydrogen-bond acceptors (Lipinski definition) is 5. The maximum Gasteiger partial charge on any atom is 0.329 e. The van der Waals surface area contributed by atoms with Crippen LogP contribution in [0, 0.1) is 0 Å². The number of nitrogens with zero attached hydrogens (tertiary/aromatic N) is 3. The lowest BCUT2D eigenvalue weighted by atomic mass is 9.94. The fraction of sp³-hybridized carbons (Fsp3) is 0.500. The number of likely N-dealkylation sites (tertiary alicyclic amines) is 2. The van der Waals surface area contributed by atoms with Crippen LogP contribution in [0.15, 0.2) is 42.5 Å². The largest absolute Gasteiger partial charge is 0.359 e. The minimum atomic E-state index is -2.26. The van der Waals surface area contributed by atoms with E-state index < -0.39 is 17.7 Å². The Kier molecular flexibility index (Phi) is 8.45. The summed E-state index contributed by atoms with van der Waals surface area (Å²) in [6.07, 6.45) is 7.13. The first kappa shape index (κ1) is 27.2. The van der Waals surface area contributed by atoms with Crippen molar-refractivity contribution in [1.29, 1.82) is 0 Å². The third kappa shape index (κ3) is 5.51. The number of halogens is 2. The number of para-hydroxylation sites is 1. The number of anilines is 2. The lowest BCUT2D eigenvalue weighted by Gasteiger charge is -2.42. The normalized spacial score (nSPS) is 23.1. The number of hydrogen-bond donors (Lipinski definition) is 3. The third-order valence-electron chi connectivity index (χ3n) is 7.95. The van der Waals surface area contributed by atoms with Crippen LogP contribution in [-0.2, 0) is 10.5 Å². The number of aliphatic hydroxyl groups is 1. The van der Waals surface area contributed by atoms with Crippen LogP contribution in [0.1, 0.15) is 44.1 Å². The van der Waals surface area contributed by atoms with Crippen molar-refractivity contribution in [2.75, 3.05) is 49.5 Å². The summed E-state index contributed by atoms with van der Waals surface area (Å²) in [5.41, 5.74) is -1.35. The molecule has 8 nitrogen and oxygen atoms in total. The fourth-order valence-corrected chi connectivity index (χ4v) is 6.20. The van der Waals surface area contributed by atoms with Crippen LogP contribution in [0.3, 0.4) is 0 Å². The molecule has 3 heterocycles. The number of benzene rings is 2. The predicted molar refractivity (Wildman–Crippen MR) is 151 cm³/mol. The average molecular weight is 561 g/mol. The summed E-state index contributed by atoms with van der Waals surface area (Å²) in [7, 11) is 0. The van der Waals surface area contributed by atoms with E-state index in [9.17, 15) is 14.7 Å². The van der Waals surface area contributed by atoms with Crippen LogP contribution in [0.4, 0.5) is 16.2 Å². The molecule has 2 aromatic carbocycles. The Bertz CT molecular complexity index is 1170. The van der Waals surface area contributed by atoms with Gasteiger partial charge in [-0.1, -0.05) is 47.8 Å². The standard InChI is InChI=1S/C28H35Cl2N5O3/c29-23-10-9-21(19-24(23)30)35-27(37)32-25-8-3-2-7-22(25)28(35,38)26(36)31-13-6-14-33-17-11-20(12-18-33)34-15-4-1-5-16-34/h2-3,7-10,19-20,38H,1,4-6,11-18H2,(H,31,36)(H,32,37)/t28-/m0/s1. The monoisotopic (exact) mass is 559 g/mol. The first-order chi connectivity index (χ1) is 18.4. The van der Waals surface area contributed by atoms with Gasteiger partial charge in [0.25, 0.3) is 11.6 Å². The van der Waals surface area contributed by atoms with Crippen LogP contribution in [0.2, 0.25) is 10.0 Å². The van der Waals surface area contributed by atoms with E-state index in [0.717, 1.165) is 31.0 Å². The summed E-state index contributed by atoms with van der Waals surface area (Å²) >= 11 is 12.3. The van der Waals surface area contributed by atoms with Crippen molar-refractivity contribution in [3.05, 3.63) is 58.1 Å². The topological polar surface area (TPSA) is 88.1 Å². The molecule has 3 amide bonds. The highest BCUT2D eigenvalue weighted by atomic mass is 35.5. The molecule has 0 aromatic heterocycles. The van der Waals surface area contributed by atoms with Crippen molar-refractivity contribution in [2.45, 2.75) is 50.3 Å². The van der Waals surface area contributed by atoms with Crippen molar-refractivity contribution < 1.29 is 14.7 Å². The van der Waals surface area contributed by atoms with Gasteiger partial charge in [0.05, 0.1) is 21.4 Å². The van der Waals surface area contributed by atoms with Gasteiger partial charge in [0.2, 0.25) is 0 Å². The fourth-order valence-electron chi connectivity index (χ4n) is 5.91. The van der Waals surface area contributed by atoms with Gasteiger partial charge in [-0.05, 0) is 89.1 Å². The summed E-state index contributed by atoms with van der Waals surface area (Å²) in [5.74, 6) is -0.672. The molecule has 2 fully saturated rings. The minimum absolute atomic E-state index is 0.211. The summed E-state index contributed by atoms with van der Waals surface area (Å²) < 4.78 is 0. The van der Waals surface area contributed by atoms with E-state index in [1.54, 1.807) is 30.3 Å². The summed E-state index contributed by atoms with van der Waals surface area (Å²) in [4.78, 5) is 32.9. The zero-order valence-electron chi connectivity index (χ0n) is 21.5. The van der Waals surface area contributed by atoms with Crippen LogP contribution in [0.5, 0.6) is 0 Å². The molecular formula is C28H35Cl2N5O3. The molecule has 10 heteroatoms. The second kappa shape index (κ2) is 11.8. The molecule has 5 rings (SSSR count). The summed E-state index contributed by atoms with van der Waals surface area (Å²) in [6.45, 7) is 5.86. The first-order valence-electron chi connectivity index (χ1n) is 13.5. The number of urea groups is 1. The number of carbonyl (C=O) groups is 2. The smallest absolute Gasteiger partial charge is 0.329 e. The van der Waals surface area contributed by atoms with Crippen molar-refractivity contribution in [3.8, 4) is 0 Å². The highest BCUT2D eigenvalue weighted by Gasteiger charge is 2.52. The van der Waals surface area contributed by atoms with E-state index in [2.05, 4.69) is 20.4 Å². The summed E-state index contributed by atoms with van der Waals surface area (Å²) in [5, 5.41) is 18.0. The van der Waals surface area contributed by atoms with Crippen LogP contribution in [0.25, 0.3) is 0 Å². The molecular weight excluding hydrogens is 525 g/mol. The Morgan fingerprint density at radius 2 is 1.76 bits per heavy atom. The maximum atomic E-state index is 13.6. The number of carbonyl (C=O) groups excluding carboxylic acids is 2. The molecule has 2 saturated heterocycles. The van der Waals surface area contributed by atoms with Gasteiger partial charge >= 0.3 is 6.03 Å². The van der Waals surface area contributed by atoms with Gasteiger partial charge in [0, 0.05) is 18.2 Å². The number of fused-ring (bicyclic) bond motifs is 1. The van der Waals surface area contributed by atoms with E-state index in [0.29, 0.717) is 23.3 Å². The molecule has 0 aliphatic carbocycles. The number of rotatable bonds is 7. The molecule has 3 aliphatic heterocycles. The van der Waals surface area contributed by atoms with Crippen LogP contribution < -0.4 is 15.5 Å². The van der Waals surface area contributed by atoms with E-state index in [1.807, 2.05) is 0 Å². The molecule has 38 heavy (non-hydrogen) atoms. The lowest BCUT2D eigenvalue weighted by Crippen LogP contribution is -2.62. The van der Waals surface area contributed by atoms with Gasteiger partial charge in [-0.15, -0.1) is 0 Å². The Morgan fingerprint density at radius 3 is 2.50 bits per heavy atom. The van der Waals surface area contributed by atoms with E-state index in [1.165, 1.54) is 57.3 Å². The minimum Gasteiger partial charge on any atom is -0.359 e. The van der Waals surface area contributed by atoms with Crippen molar-refractivity contribution in [3.63, 3.8) is 0 Å². The van der Waals surface area contributed by atoms with E-state index >= 15 is 0 Å². The highest BCUT2D eigenvalue weighted by Crippen LogP contribution is 2.41. The molecule has 3 N–H and O–H groups in total. The Hall–Kier alpha value is -2.36. The van der Waals surface area contributed by atoms with Gasteiger partial charge in [0.1, 0.15) is 0 Å². The number of nitrogens with one attached hydrogen (secondary N) is 2. The molecule has 0 saturated carbocycles. The quantitative estimate of drug-likeness (QED) is 0.430. The van der Waals surface area contributed by atoms with E-state index in [4.69, 9.17) is 23.2 Å². The molecule has 204 valence electrons. The Balaban J connectivity index is 1.23. The van der Waals surface area contributed by atoms with Crippen molar-refractivity contribution >= 4 is 46.5 Å². The van der Waals surface area contributed by atoms with Gasteiger partial charge in [-0.25, -0.2) is 4.79 Å². The molecule has 1 atom stereocenters. The third-order valence-corrected chi connectivity index (χ3v) is 8.69. The number of piperidine rings is 2. The zero-order valence-corrected chi connectivity index (χ0v) is 23.0. The Morgan fingerprint density at radius 1 is 1.03 bits per heavy atom. The van der Waals surface area contributed by atoms with Crippen molar-refractivity contribution in [1.82, 2.24) is 15.1 Å². The van der Waals surface area contributed by atoms with E-state index in [-0.39, 0.29) is 16.3 Å². The molecule has 0 unspecified atom stereocenters. The predicted octanol–water partition coefficient (Wildman–Crippen LogP) is 4.65. The maximum absolute atomic E-state index is 13.6. The molecule has 0 bridgehead atoms. The van der Waals surface area contributed by atoms with Gasteiger partial charge < -0.3 is 25.5 Å². The lowest BCUT2D eigenvalue weighted by molar-refractivity contribution is -0.140. The molecule has 0 radical (unpaired) electrons. The highest BCUT2D eigenvalue weighted by molar-refractivity contribution is 6.42.